The van der Waals surface area contributed by atoms with Gasteiger partial charge >= 0.3 is 0 Å². The van der Waals surface area contributed by atoms with Crippen LogP contribution in [-0.4, -0.2) is 60.6 Å². The fourth-order valence-corrected chi connectivity index (χ4v) is 1.70. The lowest BCUT2D eigenvalue weighted by molar-refractivity contribution is -0.133. The molecule has 1 saturated heterocycles. The van der Waals surface area contributed by atoms with Gasteiger partial charge in [-0.3, -0.25) is 9.59 Å². The van der Waals surface area contributed by atoms with E-state index < -0.39 is 0 Å². The molecule has 6 heteroatoms. The highest BCUT2D eigenvalue weighted by Crippen LogP contribution is 2.08. The number of amides is 2. The zero-order chi connectivity index (χ0) is 12.7. The monoisotopic (exact) mass is 243 g/mol. The summed E-state index contributed by atoms with van der Waals surface area (Å²) in [6.07, 6.45) is 1.03. The van der Waals surface area contributed by atoms with Gasteiger partial charge in [-0.05, 0) is 13.3 Å². The highest BCUT2D eigenvalue weighted by Gasteiger charge is 2.21. The van der Waals surface area contributed by atoms with Gasteiger partial charge in [-0.1, -0.05) is 0 Å². The van der Waals surface area contributed by atoms with Crippen molar-refractivity contribution in [2.45, 2.75) is 25.9 Å². The molecule has 1 aliphatic rings. The number of nitrogens with zero attached hydrogens (tertiary/aromatic N) is 1. The summed E-state index contributed by atoms with van der Waals surface area (Å²) in [4.78, 5) is 24.3. The molecule has 0 spiro atoms. The predicted octanol–water partition coefficient (Wildman–Crippen LogP) is -1.30. The Balaban J connectivity index is 2.03. The SMILES string of the molecule is CC(O)CNCCNC(=O)CN1CCCC1=O. The summed E-state index contributed by atoms with van der Waals surface area (Å²) < 4.78 is 0. The van der Waals surface area contributed by atoms with Crippen LogP contribution >= 0.6 is 0 Å². The maximum Gasteiger partial charge on any atom is 0.239 e. The van der Waals surface area contributed by atoms with Crippen LogP contribution in [0.25, 0.3) is 0 Å². The molecule has 2 amide bonds. The molecule has 0 radical (unpaired) electrons. The van der Waals surface area contributed by atoms with Crippen LogP contribution in [0.3, 0.4) is 0 Å². The van der Waals surface area contributed by atoms with Crippen LogP contribution in [0.15, 0.2) is 0 Å². The lowest BCUT2D eigenvalue weighted by Gasteiger charge is -2.15. The van der Waals surface area contributed by atoms with Crippen molar-refractivity contribution >= 4 is 11.8 Å². The Bertz CT molecular complexity index is 269. The fraction of sp³-hybridized carbons (Fsp3) is 0.818. The Morgan fingerprint density at radius 1 is 1.53 bits per heavy atom. The minimum absolute atomic E-state index is 0.0624. The van der Waals surface area contributed by atoms with Gasteiger partial charge in [-0.2, -0.15) is 0 Å². The summed E-state index contributed by atoms with van der Waals surface area (Å²) in [6.45, 7) is 4.19. The van der Waals surface area contributed by atoms with Crippen molar-refractivity contribution in [1.29, 1.82) is 0 Å². The lowest BCUT2D eigenvalue weighted by atomic mass is 10.4. The number of likely N-dealkylation sites (tertiary alicyclic amines) is 1. The van der Waals surface area contributed by atoms with Crippen molar-refractivity contribution in [1.82, 2.24) is 15.5 Å². The molecule has 0 aromatic heterocycles. The van der Waals surface area contributed by atoms with Gasteiger partial charge in [-0.25, -0.2) is 0 Å². The first-order chi connectivity index (χ1) is 8.09. The third kappa shape index (κ3) is 5.65. The zero-order valence-corrected chi connectivity index (χ0v) is 10.2. The van der Waals surface area contributed by atoms with Crippen LogP contribution in [-0.2, 0) is 9.59 Å². The smallest absolute Gasteiger partial charge is 0.239 e. The minimum atomic E-state index is -0.382. The van der Waals surface area contributed by atoms with Crippen molar-refractivity contribution in [2.75, 3.05) is 32.7 Å². The highest BCUT2D eigenvalue weighted by molar-refractivity contribution is 5.85. The van der Waals surface area contributed by atoms with Crippen LogP contribution in [0.5, 0.6) is 0 Å². The summed E-state index contributed by atoms with van der Waals surface area (Å²) in [7, 11) is 0. The molecule has 1 unspecified atom stereocenters. The van der Waals surface area contributed by atoms with Gasteiger partial charge < -0.3 is 20.6 Å². The number of aliphatic hydroxyl groups is 1. The van der Waals surface area contributed by atoms with E-state index in [2.05, 4.69) is 10.6 Å². The summed E-state index contributed by atoms with van der Waals surface area (Å²) in [6, 6.07) is 0. The number of aliphatic hydroxyl groups excluding tert-OH is 1. The van der Waals surface area contributed by atoms with Crippen LogP contribution < -0.4 is 10.6 Å². The van der Waals surface area contributed by atoms with Gasteiger partial charge in [0.05, 0.1) is 12.6 Å². The quantitative estimate of drug-likeness (QED) is 0.485. The molecule has 1 heterocycles. The van der Waals surface area contributed by atoms with E-state index >= 15 is 0 Å². The van der Waals surface area contributed by atoms with Crippen LogP contribution in [0.2, 0.25) is 0 Å². The molecule has 1 atom stereocenters. The molecule has 98 valence electrons. The third-order valence-corrected chi connectivity index (χ3v) is 2.57. The van der Waals surface area contributed by atoms with Gasteiger partial charge in [0.15, 0.2) is 0 Å². The second-order valence-electron chi connectivity index (χ2n) is 4.32. The number of carbonyl (C=O) groups excluding carboxylic acids is 2. The van der Waals surface area contributed by atoms with Crippen molar-refractivity contribution in [3.8, 4) is 0 Å². The molecular formula is C11H21N3O3. The number of nitrogens with one attached hydrogen (secondary N) is 2. The topological polar surface area (TPSA) is 81.7 Å². The Morgan fingerprint density at radius 2 is 2.29 bits per heavy atom. The number of hydrogen-bond acceptors (Lipinski definition) is 4. The molecule has 0 aliphatic carbocycles. The number of rotatable bonds is 7. The van der Waals surface area contributed by atoms with Gasteiger partial charge in [0.1, 0.15) is 0 Å². The summed E-state index contributed by atoms with van der Waals surface area (Å²) in [5.41, 5.74) is 0. The van der Waals surface area contributed by atoms with Gasteiger partial charge in [0.25, 0.3) is 0 Å². The summed E-state index contributed by atoms with van der Waals surface area (Å²) in [5.74, 6) is -0.0634. The Hall–Kier alpha value is -1.14. The molecule has 17 heavy (non-hydrogen) atoms. The van der Waals surface area contributed by atoms with Crippen LogP contribution in [0.1, 0.15) is 19.8 Å². The average Bonchev–Trinajstić information content (AvgIpc) is 2.63. The van der Waals surface area contributed by atoms with E-state index in [0.717, 1.165) is 6.42 Å². The Morgan fingerprint density at radius 3 is 2.88 bits per heavy atom. The molecule has 3 N–H and O–H groups in total. The van der Waals surface area contributed by atoms with Crippen molar-refractivity contribution in [3.05, 3.63) is 0 Å². The minimum Gasteiger partial charge on any atom is -0.392 e. The van der Waals surface area contributed by atoms with Gasteiger partial charge in [0, 0.05) is 32.6 Å². The summed E-state index contributed by atoms with van der Waals surface area (Å²) >= 11 is 0. The van der Waals surface area contributed by atoms with Crippen molar-refractivity contribution < 1.29 is 14.7 Å². The summed E-state index contributed by atoms with van der Waals surface area (Å²) in [5, 5.41) is 14.7. The fourth-order valence-electron chi connectivity index (χ4n) is 1.70. The molecule has 0 saturated carbocycles. The normalized spacial score (nSPS) is 17.3. The van der Waals surface area contributed by atoms with Crippen LogP contribution in [0.4, 0.5) is 0 Å². The molecule has 1 fully saturated rings. The van der Waals surface area contributed by atoms with E-state index in [4.69, 9.17) is 5.11 Å². The van der Waals surface area contributed by atoms with Gasteiger partial charge in [-0.15, -0.1) is 0 Å². The first-order valence-electron chi connectivity index (χ1n) is 6.03. The number of carbonyl (C=O) groups is 2. The second kappa shape index (κ2) is 7.24. The number of hydrogen-bond donors (Lipinski definition) is 3. The van der Waals surface area contributed by atoms with Crippen LogP contribution in [0, 0.1) is 0 Å². The lowest BCUT2D eigenvalue weighted by Crippen LogP contribution is -2.40. The van der Waals surface area contributed by atoms with E-state index in [9.17, 15) is 9.59 Å². The van der Waals surface area contributed by atoms with Gasteiger partial charge in [0.2, 0.25) is 11.8 Å². The maximum absolute atomic E-state index is 11.5. The van der Waals surface area contributed by atoms with E-state index in [-0.39, 0.29) is 24.5 Å². The van der Waals surface area contributed by atoms with Crippen molar-refractivity contribution in [2.24, 2.45) is 0 Å². The van der Waals surface area contributed by atoms with E-state index in [0.29, 0.717) is 32.6 Å². The first kappa shape index (κ1) is 13.9. The average molecular weight is 243 g/mol. The molecular weight excluding hydrogens is 222 g/mol. The molecule has 6 nitrogen and oxygen atoms in total. The second-order valence-corrected chi connectivity index (χ2v) is 4.32. The van der Waals surface area contributed by atoms with Crippen molar-refractivity contribution in [3.63, 3.8) is 0 Å². The Labute approximate surface area is 101 Å². The third-order valence-electron chi connectivity index (χ3n) is 2.57. The largest absolute Gasteiger partial charge is 0.392 e. The Kier molecular flexibility index (Phi) is 5.93. The molecule has 0 aromatic rings. The zero-order valence-electron chi connectivity index (χ0n) is 10.2. The first-order valence-corrected chi connectivity index (χ1v) is 6.03. The van der Waals surface area contributed by atoms with E-state index in [1.165, 1.54) is 0 Å². The molecule has 1 rings (SSSR count). The molecule has 0 aromatic carbocycles. The predicted molar refractivity (Wildman–Crippen MR) is 63.4 cm³/mol. The van der Waals surface area contributed by atoms with E-state index in [1.54, 1.807) is 11.8 Å². The van der Waals surface area contributed by atoms with E-state index in [1.807, 2.05) is 0 Å². The molecule has 0 bridgehead atoms. The molecule has 1 aliphatic heterocycles. The maximum atomic E-state index is 11.5. The standard InChI is InChI=1S/C11H21N3O3/c1-9(15)7-12-4-5-13-10(16)8-14-6-2-3-11(14)17/h9,12,15H,2-8H2,1H3,(H,13,16). The highest BCUT2D eigenvalue weighted by atomic mass is 16.3.